The Labute approximate surface area is 81.4 Å². The Morgan fingerprint density at radius 3 is 2.85 bits per heavy atom. The van der Waals surface area contributed by atoms with Gasteiger partial charge in [-0.15, -0.1) is 0 Å². The minimum Gasteiger partial charge on any atom is -0.493 e. The van der Waals surface area contributed by atoms with Gasteiger partial charge in [0.25, 0.3) is 0 Å². The maximum Gasteiger partial charge on any atom is 0.153 e. The van der Waals surface area contributed by atoms with Crippen molar-refractivity contribution in [2.24, 2.45) is 0 Å². The van der Waals surface area contributed by atoms with Crippen LogP contribution in [0, 0.1) is 0 Å². The van der Waals surface area contributed by atoms with Gasteiger partial charge in [0.2, 0.25) is 0 Å². The van der Waals surface area contributed by atoms with Gasteiger partial charge in [0.05, 0.1) is 22.9 Å². The molecule has 1 aromatic rings. The van der Waals surface area contributed by atoms with Crippen molar-refractivity contribution < 1.29 is 9.53 Å². The van der Waals surface area contributed by atoms with E-state index in [9.17, 15) is 4.79 Å². The number of hydrogen-bond acceptors (Lipinski definition) is 3. The van der Waals surface area contributed by atoms with Crippen LogP contribution in [0.25, 0.3) is 0 Å². The van der Waals surface area contributed by atoms with Crippen molar-refractivity contribution in [1.29, 1.82) is 0 Å². The maximum atomic E-state index is 10.6. The van der Waals surface area contributed by atoms with E-state index < -0.39 is 0 Å². The third-order valence-corrected chi connectivity index (χ3v) is 1.88. The molecule has 0 fully saturated rings. The van der Waals surface area contributed by atoms with Crippen LogP contribution in [-0.2, 0) is 0 Å². The lowest BCUT2D eigenvalue weighted by Gasteiger charge is -2.07. The maximum absolute atomic E-state index is 10.6. The monoisotopic (exact) mass is 199 g/mol. The number of anilines is 1. The molecule has 0 aliphatic carbocycles. The molecule has 4 heteroatoms. The van der Waals surface area contributed by atoms with Crippen LogP contribution in [0.5, 0.6) is 5.75 Å². The summed E-state index contributed by atoms with van der Waals surface area (Å²) in [6.45, 7) is 2.32. The van der Waals surface area contributed by atoms with E-state index in [1.165, 1.54) is 6.07 Å². The van der Waals surface area contributed by atoms with E-state index in [-0.39, 0.29) is 0 Å². The number of benzene rings is 1. The Balaban J connectivity index is 3.16. The van der Waals surface area contributed by atoms with Crippen LogP contribution < -0.4 is 10.5 Å². The first-order valence-corrected chi connectivity index (χ1v) is 4.23. The van der Waals surface area contributed by atoms with Gasteiger partial charge in [-0.05, 0) is 13.0 Å². The molecule has 1 rings (SSSR count). The summed E-state index contributed by atoms with van der Waals surface area (Å²) in [6, 6.07) is 3.05. The van der Waals surface area contributed by atoms with E-state index in [1.54, 1.807) is 6.07 Å². The van der Waals surface area contributed by atoms with Crippen molar-refractivity contribution in [3.05, 3.63) is 22.7 Å². The summed E-state index contributed by atoms with van der Waals surface area (Å²) in [5, 5.41) is 0.366. The fourth-order valence-electron chi connectivity index (χ4n) is 0.957. The van der Waals surface area contributed by atoms with Crippen molar-refractivity contribution in [2.75, 3.05) is 12.3 Å². The molecule has 0 bridgehead atoms. The van der Waals surface area contributed by atoms with Gasteiger partial charge in [0.1, 0.15) is 5.75 Å². The second kappa shape index (κ2) is 4.14. The highest BCUT2D eigenvalue weighted by molar-refractivity contribution is 6.33. The van der Waals surface area contributed by atoms with Gasteiger partial charge in [-0.25, -0.2) is 0 Å². The number of nitrogen functional groups attached to an aromatic ring is 1. The summed E-state index contributed by atoms with van der Waals surface area (Å²) in [6.07, 6.45) is 0.691. The first-order chi connectivity index (χ1) is 6.19. The fraction of sp³-hybridized carbons (Fsp3) is 0.222. The van der Waals surface area contributed by atoms with Crippen LogP contribution in [0.4, 0.5) is 5.69 Å². The van der Waals surface area contributed by atoms with E-state index in [1.807, 2.05) is 6.92 Å². The average molecular weight is 200 g/mol. The zero-order valence-corrected chi connectivity index (χ0v) is 7.97. The topological polar surface area (TPSA) is 52.3 Å². The molecule has 0 aromatic heterocycles. The summed E-state index contributed by atoms with van der Waals surface area (Å²) >= 11 is 5.73. The van der Waals surface area contributed by atoms with Crippen LogP contribution in [0.2, 0.25) is 5.02 Å². The average Bonchev–Trinajstić information content (AvgIpc) is 2.11. The number of ether oxygens (including phenoxy) is 1. The molecule has 70 valence electrons. The smallest absolute Gasteiger partial charge is 0.153 e. The molecule has 1 aromatic carbocycles. The van der Waals surface area contributed by atoms with E-state index >= 15 is 0 Å². The number of halogens is 1. The van der Waals surface area contributed by atoms with Crippen LogP contribution in [0.3, 0.4) is 0 Å². The Hall–Kier alpha value is -1.22. The van der Waals surface area contributed by atoms with Gasteiger partial charge in [0, 0.05) is 6.07 Å². The second-order valence-electron chi connectivity index (χ2n) is 2.46. The van der Waals surface area contributed by atoms with Crippen molar-refractivity contribution >= 4 is 23.6 Å². The summed E-state index contributed by atoms with van der Waals surface area (Å²) in [5.41, 5.74) is 6.38. The van der Waals surface area contributed by atoms with Gasteiger partial charge in [0.15, 0.2) is 6.29 Å². The highest BCUT2D eigenvalue weighted by Crippen LogP contribution is 2.27. The molecule has 3 nitrogen and oxygen atoms in total. The molecule has 0 heterocycles. The molecule has 0 spiro atoms. The van der Waals surface area contributed by atoms with Gasteiger partial charge in [-0.2, -0.15) is 0 Å². The van der Waals surface area contributed by atoms with Gasteiger partial charge in [-0.3, -0.25) is 4.79 Å². The first-order valence-electron chi connectivity index (χ1n) is 3.86. The Morgan fingerprint density at radius 2 is 2.31 bits per heavy atom. The van der Waals surface area contributed by atoms with Crippen molar-refractivity contribution in [2.45, 2.75) is 6.92 Å². The van der Waals surface area contributed by atoms with E-state index in [0.29, 0.717) is 34.9 Å². The Bertz CT molecular complexity index is 326. The zero-order chi connectivity index (χ0) is 9.84. The number of aldehydes is 1. The number of nitrogens with two attached hydrogens (primary N) is 1. The second-order valence-corrected chi connectivity index (χ2v) is 2.87. The quantitative estimate of drug-likeness (QED) is 0.600. The predicted octanol–water partition coefficient (Wildman–Crippen LogP) is 2.13. The van der Waals surface area contributed by atoms with Gasteiger partial charge < -0.3 is 10.5 Å². The zero-order valence-electron chi connectivity index (χ0n) is 7.21. The van der Waals surface area contributed by atoms with Crippen LogP contribution in [-0.4, -0.2) is 12.9 Å². The largest absolute Gasteiger partial charge is 0.493 e. The van der Waals surface area contributed by atoms with E-state index in [4.69, 9.17) is 22.1 Å². The minimum atomic E-state index is 0.366. The molecular formula is C9H10ClNO2. The number of carbonyl (C=O) groups is 1. The lowest BCUT2D eigenvalue weighted by Crippen LogP contribution is -1.98. The van der Waals surface area contributed by atoms with Crippen molar-refractivity contribution in [3.8, 4) is 5.75 Å². The van der Waals surface area contributed by atoms with Crippen LogP contribution >= 0.6 is 11.6 Å². The number of rotatable bonds is 3. The molecule has 0 aliphatic heterocycles. The lowest BCUT2D eigenvalue weighted by molar-refractivity contribution is 0.112. The standard InChI is InChI=1S/C9H10ClNO2/c1-2-13-9-4-8(11)7(10)3-6(9)5-12/h3-5H,2,11H2,1H3. The van der Waals surface area contributed by atoms with Crippen LogP contribution in [0.1, 0.15) is 17.3 Å². The molecule has 0 atom stereocenters. The summed E-state index contributed by atoms with van der Waals surface area (Å²) in [4.78, 5) is 10.6. The molecule has 2 N–H and O–H groups in total. The van der Waals surface area contributed by atoms with Crippen molar-refractivity contribution in [3.63, 3.8) is 0 Å². The van der Waals surface area contributed by atoms with E-state index in [0.717, 1.165) is 0 Å². The van der Waals surface area contributed by atoms with Gasteiger partial charge in [-0.1, -0.05) is 11.6 Å². The summed E-state index contributed by atoms with van der Waals surface area (Å²) < 4.78 is 5.19. The van der Waals surface area contributed by atoms with Crippen LogP contribution in [0.15, 0.2) is 12.1 Å². The molecule has 0 radical (unpaired) electrons. The first kappa shape index (κ1) is 9.86. The molecular weight excluding hydrogens is 190 g/mol. The summed E-state index contributed by atoms with van der Waals surface area (Å²) in [5.74, 6) is 0.472. The molecule has 0 aliphatic rings. The van der Waals surface area contributed by atoms with E-state index in [2.05, 4.69) is 0 Å². The normalized spacial score (nSPS) is 9.69. The predicted molar refractivity (Wildman–Crippen MR) is 52.4 cm³/mol. The number of hydrogen-bond donors (Lipinski definition) is 1. The third-order valence-electron chi connectivity index (χ3n) is 1.56. The molecule has 0 saturated carbocycles. The number of carbonyl (C=O) groups excluding carboxylic acids is 1. The molecule has 0 amide bonds. The summed E-state index contributed by atoms with van der Waals surface area (Å²) in [7, 11) is 0. The van der Waals surface area contributed by atoms with Crippen molar-refractivity contribution in [1.82, 2.24) is 0 Å². The third kappa shape index (κ3) is 2.12. The fourth-order valence-corrected chi connectivity index (χ4v) is 1.13. The SMILES string of the molecule is CCOc1cc(N)c(Cl)cc1C=O. The lowest BCUT2D eigenvalue weighted by atomic mass is 10.2. The Morgan fingerprint density at radius 1 is 1.62 bits per heavy atom. The molecule has 0 unspecified atom stereocenters. The Kier molecular flexibility index (Phi) is 3.14. The highest BCUT2D eigenvalue weighted by atomic mass is 35.5. The molecule has 0 saturated heterocycles. The minimum absolute atomic E-state index is 0.366. The highest BCUT2D eigenvalue weighted by Gasteiger charge is 2.06. The van der Waals surface area contributed by atoms with Gasteiger partial charge >= 0.3 is 0 Å². The molecule has 13 heavy (non-hydrogen) atoms.